The van der Waals surface area contributed by atoms with Crippen molar-refractivity contribution in [3.8, 4) is 11.1 Å². The number of para-hydroxylation sites is 1. The Bertz CT molecular complexity index is 1670. The summed E-state index contributed by atoms with van der Waals surface area (Å²) >= 11 is 0. The third-order valence-corrected chi connectivity index (χ3v) is 7.51. The quantitative estimate of drug-likeness (QED) is 0.106. The smallest absolute Gasteiger partial charge is 0.302 e. The van der Waals surface area contributed by atoms with Crippen LogP contribution in [-0.2, 0) is 26.2 Å². The third kappa shape index (κ3) is 10.9. The van der Waals surface area contributed by atoms with Gasteiger partial charge in [-0.1, -0.05) is 103 Å². The maximum Gasteiger partial charge on any atom is 0.302 e. The van der Waals surface area contributed by atoms with Gasteiger partial charge in [0.15, 0.2) is 0 Å². The topological polar surface area (TPSA) is 84.5 Å². The van der Waals surface area contributed by atoms with E-state index in [4.69, 9.17) is 4.74 Å². The number of alkyl halides is 2. The third-order valence-electron chi connectivity index (χ3n) is 7.51. The van der Waals surface area contributed by atoms with Crippen molar-refractivity contribution >= 4 is 23.5 Å². The maximum absolute atomic E-state index is 13.3. The van der Waals surface area contributed by atoms with Crippen LogP contribution in [0.5, 0.6) is 0 Å². The summed E-state index contributed by atoms with van der Waals surface area (Å²) in [7, 11) is 0. The van der Waals surface area contributed by atoms with Crippen LogP contribution in [0.4, 0.5) is 14.5 Å². The average molecular weight is 653 g/mol. The molecule has 1 unspecified atom stereocenters. The number of carbonyl (C=O) groups is 3. The lowest BCUT2D eigenvalue weighted by Gasteiger charge is -2.34. The molecule has 0 aliphatic carbocycles. The lowest BCUT2D eigenvalue weighted by atomic mass is 9.72. The van der Waals surface area contributed by atoms with Crippen molar-refractivity contribution in [3.05, 3.63) is 151 Å². The maximum atomic E-state index is 13.3. The van der Waals surface area contributed by atoms with Gasteiger partial charge in [0.2, 0.25) is 5.91 Å². The zero-order valence-electron chi connectivity index (χ0n) is 27.4. The molecular weight excluding hydrogens is 610 g/mol. The Balaban J connectivity index is 0.000000267. The first-order valence-electron chi connectivity index (χ1n) is 15.6. The van der Waals surface area contributed by atoms with E-state index in [1.807, 2.05) is 84.9 Å². The average Bonchev–Trinajstić information content (AvgIpc) is 3.08. The number of hydrogen-bond donors (Lipinski definition) is 2. The van der Waals surface area contributed by atoms with Gasteiger partial charge in [0.05, 0.1) is 18.6 Å². The molecule has 48 heavy (non-hydrogen) atoms. The number of rotatable bonds is 14. The van der Waals surface area contributed by atoms with Crippen LogP contribution < -0.4 is 10.6 Å². The van der Waals surface area contributed by atoms with E-state index in [-0.39, 0.29) is 25.4 Å². The Labute approximate surface area is 281 Å². The van der Waals surface area contributed by atoms with E-state index in [1.54, 1.807) is 36.4 Å². The molecule has 4 rings (SSSR count). The summed E-state index contributed by atoms with van der Waals surface area (Å²) < 4.78 is 31.6. The number of anilines is 1. The number of ether oxygens (including phenoxy) is 1. The fourth-order valence-electron chi connectivity index (χ4n) is 5.26. The van der Waals surface area contributed by atoms with Gasteiger partial charge in [-0.15, -0.1) is 13.2 Å². The highest BCUT2D eigenvalue weighted by atomic mass is 19.3. The van der Waals surface area contributed by atoms with E-state index >= 15 is 0 Å². The van der Waals surface area contributed by atoms with E-state index in [1.165, 1.54) is 6.92 Å². The minimum Gasteiger partial charge on any atom is -0.466 e. The first-order valence-corrected chi connectivity index (χ1v) is 15.6. The Morgan fingerprint density at radius 1 is 0.812 bits per heavy atom. The monoisotopic (exact) mass is 652 g/mol. The van der Waals surface area contributed by atoms with Crippen LogP contribution in [0, 0.1) is 0 Å². The van der Waals surface area contributed by atoms with Gasteiger partial charge in [0.1, 0.15) is 0 Å². The van der Waals surface area contributed by atoms with Crippen LogP contribution in [0.3, 0.4) is 0 Å². The molecule has 4 aromatic carbocycles. The van der Waals surface area contributed by atoms with Crippen molar-refractivity contribution in [3.63, 3.8) is 0 Å². The Morgan fingerprint density at radius 3 is 2.04 bits per heavy atom. The van der Waals surface area contributed by atoms with Crippen molar-refractivity contribution in [2.45, 2.75) is 44.4 Å². The Kier molecular flexibility index (Phi) is 14.0. The fourth-order valence-corrected chi connectivity index (χ4v) is 5.26. The van der Waals surface area contributed by atoms with Gasteiger partial charge in [0, 0.05) is 37.1 Å². The first-order chi connectivity index (χ1) is 23.0. The number of allylic oxidation sites excluding steroid dienone is 2. The number of carbonyl (C=O) groups excluding carboxylic acids is 3. The van der Waals surface area contributed by atoms with E-state index in [2.05, 4.69) is 23.8 Å². The number of halogens is 2. The number of amides is 2. The number of esters is 1. The van der Waals surface area contributed by atoms with Crippen molar-refractivity contribution in [1.82, 2.24) is 5.32 Å². The number of benzene rings is 4. The molecule has 4 aromatic rings. The molecule has 0 aliphatic rings. The molecule has 6 nitrogen and oxygen atoms in total. The molecule has 0 aliphatic heterocycles. The van der Waals surface area contributed by atoms with Gasteiger partial charge in [-0.3, -0.25) is 14.4 Å². The highest BCUT2D eigenvalue weighted by Gasteiger charge is 2.41. The summed E-state index contributed by atoms with van der Waals surface area (Å²) in [5, 5.41) is 5.34. The van der Waals surface area contributed by atoms with E-state index < -0.39 is 29.8 Å². The lowest BCUT2D eigenvalue weighted by molar-refractivity contribution is -0.142. The summed E-state index contributed by atoms with van der Waals surface area (Å²) in [5.41, 5.74) is 3.94. The van der Waals surface area contributed by atoms with Gasteiger partial charge in [0.25, 0.3) is 11.8 Å². The van der Waals surface area contributed by atoms with Crippen LogP contribution >= 0.6 is 0 Å². The first kappa shape index (κ1) is 37.1. The SMILES string of the molecule is C=CCc1ccccc1C(CC=C)(CCOC(C)=O)C(=O)NCC(C)(F)F.O=C(Nc1ccccc1-c1ccccc1)c1ccccc1. The van der Waals surface area contributed by atoms with Gasteiger partial charge < -0.3 is 15.4 Å². The van der Waals surface area contributed by atoms with Crippen LogP contribution in [0.1, 0.15) is 48.2 Å². The number of nitrogens with one attached hydrogen (secondary N) is 2. The van der Waals surface area contributed by atoms with Gasteiger partial charge in [-0.05, 0) is 47.7 Å². The summed E-state index contributed by atoms with van der Waals surface area (Å²) in [5.74, 6) is -4.15. The highest BCUT2D eigenvalue weighted by molar-refractivity contribution is 6.06. The number of hydrogen-bond acceptors (Lipinski definition) is 4. The second kappa shape index (κ2) is 18.1. The largest absolute Gasteiger partial charge is 0.466 e. The van der Waals surface area contributed by atoms with Crippen molar-refractivity contribution < 1.29 is 27.9 Å². The van der Waals surface area contributed by atoms with Gasteiger partial charge >= 0.3 is 5.97 Å². The van der Waals surface area contributed by atoms with E-state index in [0.29, 0.717) is 17.5 Å². The normalized spacial score (nSPS) is 11.9. The molecule has 0 fully saturated rings. The predicted octanol–water partition coefficient (Wildman–Crippen LogP) is 8.56. The zero-order chi connectivity index (χ0) is 35.0. The predicted molar refractivity (Wildman–Crippen MR) is 188 cm³/mol. The summed E-state index contributed by atoms with van der Waals surface area (Å²) in [6, 6.07) is 34.4. The molecule has 0 saturated heterocycles. The van der Waals surface area contributed by atoms with Crippen LogP contribution in [0.2, 0.25) is 0 Å². The molecule has 0 aromatic heterocycles. The molecule has 0 radical (unpaired) electrons. The molecule has 250 valence electrons. The summed E-state index contributed by atoms with van der Waals surface area (Å²) in [6.07, 6.45) is 4.15. The lowest BCUT2D eigenvalue weighted by Crippen LogP contribution is -2.48. The molecule has 0 heterocycles. The molecule has 2 N–H and O–H groups in total. The second-order valence-electron chi connectivity index (χ2n) is 11.3. The van der Waals surface area contributed by atoms with E-state index in [0.717, 1.165) is 29.3 Å². The molecule has 0 saturated carbocycles. The van der Waals surface area contributed by atoms with E-state index in [9.17, 15) is 23.2 Å². The van der Waals surface area contributed by atoms with Crippen molar-refractivity contribution in [2.24, 2.45) is 0 Å². The molecular formula is C40H42F2N2O4. The fraction of sp³-hybridized carbons (Fsp3) is 0.225. The summed E-state index contributed by atoms with van der Waals surface area (Å²) in [4.78, 5) is 36.5. The minimum atomic E-state index is -3.04. The van der Waals surface area contributed by atoms with Gasteiger partial charge in [-0.25, -0.2) is 8.78 Å². The van der Waals surface area contributed by atoms with Gasteiger partial charge in [-0.2, -0.15) is 0 Å². The Morgan fingerprint density at radius 2 is 1.42 bits per heavy atom. The molecule has 0 spiro atoms. The molecule has 0 bridgehead atoms. The zero-order valence-corrected chi connectivity index (χ0v) is 27.4. The Hall–Kier alpha value is -5.37. The van der Waals surface area contributed by atoms with Crippen LogP contribution in [-0.4, -0.2) is 36.9 Å². The standard InChI is InChI=1S/C21H27F2NO3.C19H15NO/c1-5-9-17-10-7-8-11-18(17)21(12-6-2,13-14-27-16(3)25)19(26)24-15-20(4,22)23;21-19(16-11-5-2-6-12-16)20-18-14-8-7-13-17(18)15-9-3-1-4-10-15/h5-8,10-11H,1-2,9,12-15H2,3-4H3,(H,24,26);1-14H,(H,20,21). The second-order valence-corrected chi connectivity index (χ2v) is 11.3. The van der Waals surface area contributed by atoms with Crippen LogP contribution in [0.25, 0.3) is 11.1 Å². The minimum absolute atomic E-state index is 0.0124. The van der Waals surface area contributed by atoms with Crippen molar-refractivity contribution in [2.75, 3.05) is 18.5 Å². The molecule has 2 amide bonds. The molecule has 8 heteroatoms. The molecule has 1 atom stereocenters. The summed E-state index contributed by atoms with van der Waals surface area (Å²) in [6.45, 7) is 8.69. The highest BCUT2D eigenvalue weighted by Crippen LogP contribution is 2.36. The van der Waals surface area contributed by atoms with Crippen LogP contribution in [0.15, 0.2) is 135 Å². The van der Waals surface area contributed by atoms with Crippen molar-refractivity contribution in [1.29, 1.82) is 0 Å².